The molecule has 2 rings (SSSR count). The van der Waals surface area contributed by atoms with Crippen LogP contribution in [0.2, 0.25) is 0 Å². The molecule has 0 spiro atoms. The fourth-order valence-electron chi connectivity index (χ4n) is 2.16. The molecule has 2 aromatic rings. The lowest BCUT2D eigenvalue weighted by Crippen LogP contribution is -2.21. The monoisotopic (exact) mass is 305 g/mol. The summed E-state index contributed by atoms with van der Waals surface area (Å²) in [6, 6.07) is 6.33. The molecule has 5 heteroatoms. The van der Waals surface area contributed by atoms with Gasteiger partial charge >= 0.3 is 0 Å². The first-order valence-electron chi connectivity index (χ1n) is 6.56. The van der Waals surface area contributed by atoms with Gasteiger partial charge in [-0.25, -0.2) is 4.98 Å². The molecule has 2 aromatic heterocycles. The Bertz CT molecular complexity index is 591. The molecule has 1 unspecified atom stereocenters. The van der Waals surface area contributed by atoms with Crippen LogP contribution in [-0.2, 0) is 0 Å². The lowest BCUT2D eigenvalue weighted by atomic mass is 10.0. The van der Waals surface area contributed by atoms with Gasteiger partial charge in [0.2, 0.25) is 0 Å². The number of hydrogen-bond acceptors (Lipinski definition) is 4. The van der Waals surface area contributed by atoms with Gasteiger partial charge < -0.3 is 11.1 Å². The lowest BCUT2D eigenvalue weighted by Gasteiger charge is -2.23. The Balaban J connectivity index is 2.37. The molecule has 0 aliphatic heterocycles. The molecule has 0 aromatic carbocycles. The predicted octanol–water partition coefficient (Wildman–Crippen LogP) is 3.89. The van der Waals surface area contributed by atoms with Crippen molar-refractivity contribution in [1.29, 1.82) is 0 Å². The van der Waals surface area contributed by atoms with Gasteiger partial charge in [-0.3, -0.25) is 0 Å². The van der Waals surface area contributed by atoms with Crippen LogP contribution in [0.25, 0.3) is 0 Å². The maximum atomic E-state index is 5.84. The standard InChI is InChI=1S/C15H19N3S2/c1-9(2)13(11-5-4-8-20-11)18-15-12(14(16)19)10(3)6-7-17-15/h4-9,13H,1-3H3,(H2,16,19)(H,17,18). The predicted molar refractivity (Wildman–Crippen MR) is 90.4 cm³/mol. The zero-order valence-electron chi connectivity index (χ0n) is 11.9. The van der Waals surface area contributed by atoms with Crippen LogP contribution in [-0.4, -0.2) is 9.97 Å². The Morgan fingerprint density at radius 1 is 1.40 bits per heavy atom. The number of rotatable bonds is 5. The van der Waals surface area contributed by atoms with E-state index in [1.54, 1.807) is 17.5 Å². The van der Waals surface area contributed by atoms with Crippen LogP contribution in [0.15, 0.2) is 29.8 Å². The Morgan fingerprint density at radius 2 is 2.15 bits per heavy atom. The van der Waals surface area contributed by atoms with Crippen molar-refractivity contribution in [2.24, 2.45) is 11.7 Å². The first-order chi connectivity index (χ1) is 9.50. The topological polar surface area (TPSA) is 50.9 Å². The van der Waals surface area contributed by atoms with Gasteiger partial charge in [-0.15, -0.1) is 11.3 Å². The molecule has 0 saturated heterocycles. The number of pyridine rings is 1. The van der Waals surface area contributed by atoms with E-state index in [1.165, 1.54) is 4.88 Å². The van der Waals surface area contributed by atoms with Gasteiger partial charge in [-0.05, 0) is 35.9 Å². The van der Waals surface area contributed by atoms with Gasteiger partial charge in [0.1, 0.15) is 10.8 Å². The number of hydrogen-bond donors (Lipinski definition) is 2. The average molecular weight is 305 g/mol. The third-order valence-electron chi connectivity index (χ3n) is 3.21. The number of nitrogens with two attached hydrogens (primary N) is 1. The van der Waals surface area contributed by atoms with E-state index in [1.807, 2.05) is 13.0 Å². The Hall–Kier alpha value is -1.46. The number of nitrogens with one attached hydrogen (secondary N) is 1. The van der Waals surface area contributed by atoms with Crippen LogP contribution < -0.4 is 11.1 Å². The molecule has 0 aliphatic rings. The Morgan fingerprint density at radius 3 is 2.70 bits per heavy atom. The highest BCUT2D eigenvalue weighted by Crippen LogP contribution is 2.30. The van der Waals surface area contributed by atoms with Crippen LogP contribution >= 0.6 is 23.6 Å². The molecular formula is C15H19N3S2. The van der Waals surface area contributed by atoms with E-state index in [0.29, 0.717) is 10.9 Å². The molecule has 2 heterocycles. The molecule has 3 N–H and O–H groups in total. The summed E-state index contributed by atoms with van der Waals surface area (Å²) in [5, 5.41) is 5.59. The second kappa shape index (κ2) is 6.33. The van der Waals surface area contributed by atoms with E-state index in [-0.39, 0.29) is 6.04 Å². The van der Waals surface area contributed by atoms with Gasteiger partial charge in [0.05, 0.1) is 11.6 Å². The molecule has 0 amide bonds. The maximum absolute atomic E-state index is 5.84. The fourth-order valence-corrected chi connectivity index (χ4v) is 3.37. The molecule has 0 saturated carbocycles. The maximum Gasteiger partial charge on any atom is 0.136 e. The Labute approximate surface area is 129 Å². The van der Waals surface area contributed by atoms with E-state index in [2.05, 4.69) is 41.7 Å². The molecule has 3 nitrogen and oxygen atoms in total. The number of thiocarbonyl (C=S) groups is 1. The van der Waals surface area contributed by atoms with Gasteiger partial charge in [-0.2, -0.15) is 0 Å². The summed E-state index contributed by atoms with van der Waals surface area (Å²) in [5.41, 5.74) is 7.72. The van der Waals surface area contributed by atoms with E-state index < -0.39 is 0 Å². The van der Waals surface area contributed by atoms with E-state index in [4.69, 9.17) is 18.0 Å². The molecule has 106 valence electrons. The summed E-state index contributed by atoms with van der Waals surface area (Å²) < 4.78 is 0. The van der Waals surface area contributed by atoms with Crippen molar-refractivity contribution >= 4 is 34.4 Å². The fraction of sp³-hybridized carbons (Fsp3) is 0.333. The summed E-state index contributed by atoms with van der Waals surface area (Å²) in [5.74, 6) is 1.21. The minimum atomic E-state index is 0.206. The highest BCUT2D eigenvalue weighted by molar-refractivity contribution is 7.80. The minimum absolute atomic E-state index is 0.206. The number of nitrogens with zero attached hydrogens (tertiary/aromatic N) is 1. The first kappa shape index (κ1) is 14.9. The van der Waals surface area contributed by atoms with Crippen LogP contribution in [0, 0.1) is 12.8 Å². The van der Waals surface area contributed by atoms with Crippen molar-refractivity contribution in [1.82, 2.24) is 4.98 Å². The van der Waals surface area contributed by atoms with Crippen LogP contribution in [0.4, 0.5) is 5.82 Å². The summed E-state index contributed by atoms with van der Waals surface area (Å²) in [4.78, 5) is 6.09. The van der Waals surface area contributed by atoms with E-state index in [9.17, 15) is 0 Å². The van der Waals surface area contributed by atoms with Crippen molar-refractivity contribution < 1.29 is 0 Å². The quantitative estimate of drug-likeness (QED) is 0.823. The van der Waals surface area contributed by atoms with Gasteiger partial charge in [0.25, 0.3) is 0 Å². The number of thiophene rings is 1. The van der Waals surface area contributed by atoms with Crippen molar-refractivity contribution in [2.45, 2.75) is 26.8 Å². The first-order valence-corrected chi connectivity index (χ1v) is 7.85. The van der Waals surface area contributed by atoms with E-state index >= 15 is 0 Å². The smallest absolute Gasteiger partial charge is 0.136 e. The number of aryl methyl sites for hydroxylation is 1. The molecular weight excluding hydrogens is 286 g/mol. The molecule has 1 atom stereocenters. The molecule has 0 radical (unpaired) electrons. The largest absolute Gasteiger partial charge is 0.389 e. The van der Waals surface area contributed by atoms with Crippen molar-refractivity contribution in [2.75, 3.05) is 5.32 Å². The average Bonchev–Trinajstić information content (AvgIpc) is 2.88. The number of aromatic nitrogens is 1. The minimum Gasteiger partial charge on any atom is -0.389 e. The summed E-state index contributed by atoms with van der Waals surface area (Å²) in [6.07, 6.45) is 1.78. The summed E-state index contributed by atoms with van der Waals surface area (Å²) in [6.45, 7) is 6.37. The third-order valence-corrected chi connectivity index (χ3v) is 4.37. The lowest BCUT2D eigenvalue weighted by molar-refractivity contribution is 0.552. The molecule has 20 heavy (non-hydrogen) atoms. The van der Waals surface area contributed by atoms with Crippen LogP contribution in [0.5, 0.6) is 0 Å². The van der Waals surface area contributed by atoms with Crippen molar-refractivity contribution in [3.05, 3.63) is 45.8 Å². The normalized spacial score (nSPS) is 12.4. The van der Waals surface area contributed by atoms with Gasteiger partial charge in [0, 0.05) is 11.1 Å². The Kier molecular flexibility index (Phi) is 4.73. The van der Waals surface area contributed by atoms with Gasteiger partial charge in [-0.1, -0.05) is 32.1 Å². The third kappa shape index (κ3) is 3.16. The summed E-state index contributed by atoms with van der Waals surface area (Å²) in [7, 11) is 0. The van der Waals surface area contributed by atoms with Crippen LogP contribution in [0.1, 0.15) is 35.9 Å². The van der Waals surface area contributed by atoms with Gasteiger partial charge in [0.15, 0.2) is 0 Å². The number of anilines is 1. The zero-order valence-corrected chi connectivity index (χ0v) is 13.5. The molecule has 0 aliphatic carbocycles. The second-order valence-electron chi connectivity index (χ2n) is 5.10. The molecule has 0 bridgehead atoms. The van der Waals surface area contributed by atoms with E-state index in [0.717, 1.165) is 16.9 Å². The molecule has 0 fully saturated rings. The van der Waals surface area contributed by atoms with Crippen molar-refractivity contribution in [3.8, 4) is 0 Å². The van der Waals surface area contributed by atoms with Crippen LogP contribution in [0.3, 0.4) is 0 Å². The highest BCUT2D eigenvalue weighted by atomic mass is 32.1. The zero-order chi connectivity index (χ0) is 14.7. The van der Waals surface area contributed by atoms with Crippen molar-refractivity contribution in [3.63, 3.8) is 0 Å². The highest BCUT2D eigenvalue weighted by Gasteiger charge is 2.20. The second-order valence-corrected chi connectivity index (χ2v) is 6.52. The SMILES string of the molecule is Cc1ccnc(NC(c2cccs2)C(C)C)c1C(N)=S. The summed E-state index contributed by atoms with van der Waals surface area (Å²) >= 11 is 6.90.